The number of pyridine rings is 1. The Labute approximate surface area is 101 Å². The molecule has 0 spiro atoms. The Hall–Kier alpha value is -2.03. The van der Waals surface area contributed by atoms with E-state index in [4.69, 9.17) is 10.5 Å². The molecule has 1 aromatic carbocycles. The van der Waals surface area contributed by atoms with Gasteiger partial charge in [-0.1, -0.05) is 12.1 Å². The van der Waals surface area contributed by atoms with Gasteiger partial charge in [-0.2, -0.15) is 0 Å². The lowest BCUT2D eigenvalue weighted by Gasteiger charge is -2.10. The zero-order valence-electron chi connectivity index (χ0n) is 10.1. The van der Waals surface area contributed by atoms with Crippen molar-refractivity contribution in [3.05, 3.63) is 42.7 Å². The Balaban J connectivity index is 2.23. The summed E-state index contributed by atoms with van der Waals surface area (Å²) < 4.78 is 5.59. The number of nitrogens with zero attached hydrogens (tertiary/aromatic N) is 1. The second-order valence-electron chi connectivity index (χ2n) is 4.20. The van der Waals surface area contributed by atoms with E-state index in [9.17, 15) is 0 Å². The lowest BCUT2D eigenvalue weighted by Crippen LogP contribution is -2.05. The van der Waals surface area contributed by atoms with Crippen LogP contribution in [0.3, 0.4) is 0 Å². The van der Waals surface area contributed by atoms with Crippen LogP contribution in [0.15, 0.2) is 42.7 Å². The molecule has 0 aliphatic rings. The standard InChI is InChI=1S/C14H16N2O/c1-10(2)17-14-5-3-11(4-6-14)12-7-13(15)9-16-8-12/h3-10H,15H2,1-2H3. The van der Waals surface area contributed by atoms with Crippen LogP contribution < -0.4 is 10.5 Å². The van der Waals surface area contributed by atoms with Gasteiger partial charge in [0, 0.05) is 18.0 Å². The van der Waals surface area contributed by atoms with Gasteiger partial charge in [0.2, 0.25) is 0 Å². The molecule has 1 heterocycles. The van der Waals surface area contributed by atoms with Crippen LogP contribution >= 0.6 is 0 Å². The topological polar surface area (TPSA) is 48.1 Å². The van der Waals surface area contributed by atoms with Crippen LogP contribution in [0.1, 0.15) is 13.8 Å². The highest BCUT2D eigenvalue weighted by atomic mass is 16.5. The Morgan fingerprint density at radius 3 is 2.35 bits per heavy atom. The molecule has 0 fully saturated rings. The van der Waals surface area contributed by atoms with E-state index in [2.05, 4.69) is 4.98 Å². The van der Waals surface area contributed by atoms with Crippen molar-refractivity contribution in [1.29, 1.82) is 0 Å². The minimum absolute atomic E-state index is 0.190. The fourth-order valence-corrected chi connectivity index (χ4v) is 1.61. The number of ether oxygens (including phenoxy) is 1. The van der Waals surface area contributed by atoms with E-state index >= 15 is 0 Å². The van der Waals surface area contributed by atoms with Crippen LogP contribution in [0.25, 0.3) is 11.1 Å². The Kier molecular flexibility index (Phi) is 3.28. The Morgan fingerprint density at radius 1 is 1.06 bits per heavy atom. The van der Waals surface area contributed by atoms with E-state index in [1.165, 1.54) is 0 Å². The maximum absolute atomic E-state index is 5.70. The monoisotopic (exact) mass is 228 g/mol. The fraction of sp³-hybridized carbons (Fsp3) is 0.214. The number of hydrogen-bond donors (Lipinski definition) is 1. The van der Waals surface area contributed by atoms with E-state index in [1.807, 2.05) is 44.2 Å². The lowest BCUT2D eigenvalue weighted by molar-refractivity contribution is 0.242. The zero-order chi connectivity index (χ0) is 12.3. The summed E-state index contributed by atoms with van der Waals surface area (Å²) in [7, 11) is 0. The number of benzene rings is 1. The first-order valence-corrected chi connectivity index (χ1v) is 5.63. The number of nitrogens with two attached hydrogens (primary N) is 1. The van der Waals surface area contributed by atoms with Crippen molar-refractivity contribution >= 4 is 5.69 Å². The molecule has 0 unspecified atom stereocenters. The Bertz CT molecular complexity index is 492. The minimum Gasteiger partial charge on any atom is -0.491 e. The SMILES string of the molecule is CC(C)Oc1ccc(-c2cncc(N)c2)cc1. The predicted octanol–water partition coefficient (Wildman–Crippen LogP) is 3.12. The van der Waals surface area contributed by atoms with Gasteiger partial charge in [-0.05, 0) is 37.6 Å². The second kappa shape index (κ2) is 4.87. The predicted molar refractivity (Wildman–Crippen MR) is 69.8 cm³/mol. The highest BCUT2D eigenvalue weighted by molar-refractivity contribution is 5.66. The molecule has 3 heteroatoms. The first-order valence-electron chi connectivity index (χ1n) is 5.63. The minimum atomic E-state index is 0.190. The second-order valence-corrected chi connectivity index (χ2v) is 4.20. The highest BCUT2D eigenvalue weighted by Gasteiger charge is 2.01. The van der Waals surface area contributed by atoms with Crippen LogP contribution in [-0.2, 0) is 0 Å². The summed E-state index contributed by atoms with van der Waals surface area (Å²) in [6.45, 7) is 4.02. The van der Waals surface area contributed by atoms with Gasteiger partial charge in [0.1, 0.15) is 5.75 Å². The third-order valence-corrected chi connectivity index (χ3v) is 2.32. The molecule has 0 saturated carbocycles. The largest absolute Gasteiger partial charge is 0.491 e. The summed E-state index contributed by atoms with van der Waals surface area (Å²) in [5.41, 5.74) is 8.47. The average molecular weight is 228 g/mol. The van der Waals surface area contributed by atoms with Crippen LogP contribution in [-0.4, -0.2) is 11.1 Å². The van der Waals surface area contributed by atoms with Crippen molar-refractivity contribution in [3.8, 4) is 16.9 Å². The highest BCUT2D eigenvalue weighted by Crippen LogP contribution is 2.23. The molecule has 2 N–H and O–H groups in total. The van der Waals surface area contributed by atoms with Crippen molar-refractivity contribution in [1.82, 2.24) is 4.98 Å². The van der Waals surface area contributed by atoms with E-state index in [1.54, 1.807) is 12.4 Å². The maximum atomic E-state index is 5.70. The van der Waals surface area contributed by atoms with Gasteiger partial charge in [0.15, 0.2) is 0 Å². The quantitative estimate of drug-likeness (QED) is 0.878. The number of aromatic nitrogens is 1. The molecule has 1 aromatic heterocycles. The summed E-state index contributed by atoms with van der Waals surface area (Å²) in [4.78, 5) is 4.08. The third kappa shape index (κ3) is 2.97. The van der Waals surface area contributed by atoms with Gasteiger partial charge in [-0.15, -0.1) is 0 Å². The first kappa shape index (κ1) is 11.5. The average Bonchev–Trinajstić information content (AvgIpc) is 2.29. The summed E-state index contributed by atoms with van der Waals surface area (Å²) >= 11 is 0. The number of nitrogen functional groups attached to an aromatic ring is 1. The molecule has 0 amide bonds. The van der Waals surface area contributed by atoms with Crippen LogP contribution in [0, 0.1) is 0 Å². The smallest absolute Gasteiger partial charge is 0.119 e. The molecule has 0 aliphatic carbocycles. The number of anilines is 1. The van der Waals surface area contributed by atoms with Crippen LogP contribution in [0.4, 0.5) is 5.69 Å². The molecule has 3 nitrogen and oxygen atoms in total. The maximum Gasteiger partial charge on any atom is 0.119 e. The van der Waals surface area contributed by atoms with E-state index in [-0.39, 0.29) is 6.10 Å². The molecule has 0 radical (unpaired) electrons. The van der Waals surface area contributed by atoms with E-state index in [0.29, 0.717) is 5.69 Å². The van der Waals surface area contributed by atoms with E-state index < -0.39 is 0 Å². The summed E-state index contributed by atoms with van der Waals surface area (Å²) in [6.07, 6.45) is 3.63. The van der Waals surface area contributed by atoms with Crippen molar-refractivity contribution in [2.75, 3.05) is 5.73 Å². The fourth-order valence-electron chi connectivity index (χ4n) is 1.61. The summed E-state index contributed by atoms with van der Waals surface area (Å²) in [5, 5.41) is 0. The van der Waals surface area contributed by atoms with Gasteiger partial charge < -0.3 is 10.5 Å². The molecule has 0 bridgehead atoms. The normalized spacial score (nSPS) is 10.5. The van der Waals surface area contributed by atoms with Gasteiger partial charge >= 0.3 is 0 Å². The summed E-state index contributed by atoms with van der Waals surface area (Å²) in [6, 6.07) is 9.84. The zero-order valence-corrected chi connectivity index (χ0v) is 10.1. The van der Waals surface area contributed by atoms with Crippen LogP contribution in [0.5, 0.6) is 5.75 Å². The van der Waals surface area contributed by atoms with Gasteiger partial charge in [-0.3, -0.25) is 4.98 Å². The molecule has 0 atom stereocenters. The van der Waals surface area contributed by atoms with Gasteiger partial charge in [0.25, 0.3) is 0 Å². The van der Waals surface area contributed by atoms with Crippen molar-refractivity contribution in [3.63, 3.8) is 0 Å². The van der Waals surface area contributed by atoms with Crippen molar-refractivity contribution < 1.29 is 4.74 Å². The molecular formula is C14H16N2O. The molecule has 2 aromatic rings. The molecule has 88 valence electrons. The van der Waals surface area contributed by atoms with Crippen LogP contribution in [0.2, 0.25) is 0 Å². The van der Waals surface area contributed by atoms with Gasteiger partial charge in [-0.25, -0.2) is 0 Å². The number of hydrogen-bond acceptors (Lipinski definition) is 3. The Morgan fingerprint density at radius 2 is 1.76 bits per heavy atom. The summed E-state index contributed by atoms with van der Waals surface area (Å²) in [5.74, 6) is 0.876. The van der Waals surface area contributed by atoms with E-state index in [0.717, 1.165) is 16.9 Å². The first-order chi connectivity index (χ1) is 8.15. The van der Waals surface area contributed by atoms with Crippen molar-refractivity contribution in [2.45, 2.75) is 20.0 Å². The molecule has 0 saturated heterocycles. The molecule has 17 heavy (non-hydrogen) atoms. The molecule has 0 aliphatic heterocycles. The third-order valence-electron chi connectivity index (χ3n) is 2.32. The molecular weight excluding hydrogens is 212 g/mol. The molecule has 2 rings (SSSR count). The van der Waals surface area contributed by atoms with Gasteiger partial charge in [0.05, 0.1) is 11.8 Å². The lowest BCUT2D eigenvalue weighted by atomic mass is 10.1. The van der Waals surface area contributed by atoms with Crippen molar-refractivity contribution in [2.24, 2.45) is 0 Å². The number of rotatable bonds is 3.